The summed E-state index contributed by atoms with van der Waals surface area (Å²) in [5, 5.41) is 0.813. The van der Waals surface area contributed by atoms with Crippen LogP contribution in [0.3, 0.4) is 0 Å². The van der Waals surface area contributed by atoms with E-state index in [0.29, 0.717) is 19.1 Å². The van der Waals surface area contributed by atoms with Crippen LogP contribution in [0.25, 0.3) is 0 Å². The van der Waals surface area contributed by atoms with E-state index in [4.69, 9.17) is 4.74 Å². The number of methoxy groups -OCH3 is 1. The monoisotopic (exact) mass is 279 g/mol. The molecule has 0 aromatic heterocycles. The minimum atomic E-state index is 0.0842. The number of carbonyl (C=O) groups is 1. The summed E-state index contributed by atoms with van der Waals surface area (Å²) in [6.07, 6.45) is 0. The average molecular weight is 280 g/mol. The molecule has 0 bridgehead atoms. The van der Waals surface area contributed by atoms with Gasteiger partial charge in [-0.25, -0.2) is 0 Å². The third-order valence-corrected chi connectivity index (χ3v) is 2.98. The highest BCUT2D eigenvalue weighted by Gasteiger charge is 2.22. The van der Waals surface area contributed by atoms with Crippen LogP contribution in [0.4, 0.5) is 0 Å². The molecule has 3 nitrogen and oxygen atoms in total. The normalized spacial score (nSPS) is 12.9. The Morgan fingerprint density at radius 2 is 1.93 bits per heavy atom. The van der Waals surface area contributed by atoms with Gasteiger partial charge in [-0.05, 0) is 5.92 Å². The van der Waals surface area contributed by atoms with Crippen molar-refractivity contribution in [2.45, 2.75) is 20.8 Å². The van der Waals surface area contributed by atoms with Gasteiger partial charge in [0.15, 0.2) is 0 Å². The zero-order valence-electron chi connectivity index (χ0n) is 10.1. The standard InChI is InChI=1S/C11H22BrNO2/c1-9(2)10(3)11(14)13(6-5-12)7-8-15-4/h9-10H,5-8H2,1-4H3. The van der Waals surface area contributed by atoms with E-state index >= 15 is 0 Å². The molecule has 1 amide bonds. The van der Waals surface area contributed by atoms with Crippen molar-refractivity contribution in [1.82, 2.24) is 4.90 Å². The van der Waals surface area contributed by atoms with Gasteiger partial charge in [0.2, 0.25) is 5.91 Å². The number of amides is 1. The van der Waals surface area contributed by atoms with Gasteiger partial charge in [-0.3, -0.25) is 4.79 Å². The van der Waals surface area contributed by atoms with Crippen molar-refractivity contribution in [3.63, 3.8) is 0 Å². The fourth-order valence-electron chi connectivity index (χ4n) is 1.21. The molecule has 90 valence electrons. The fourth-order valence-corrected chi connectivity index (χ4v) is 1.64. The van der Waals surface area contributed by atoms with Crippen LogP contribution >= 0.6 is 15.9 Å². The first-order valence-electron chi connectivity index (χ1n) is 5.38. The van der Waals surface area contributed by atoms with Crippen molar-refractivity contribution in [3.05, 3.63) is 0 Å². The topological polar surface area (TPSA) is 29.5 Å². The number of ether oxygens (including phenoxy) is 1. The molecule has 0 saturated carbocycles. The quantitative estimate of drug-likeness (QED) is 0.669. The Morgan fingerprint density at radius 3 is 2.33 bits per heavy atom. The lowest BCUT2D eigenvalue weighted by Gasteiger charge is -2.26. The van der Waals surface area contributed by atoms with Crippen LogP contribution < -0.4 is 0 Å². The van der Waals surface area contributed by atoms with Crippen LogP contribution in [0.5, 0.6) is 0 Å². The molecule has 1 unspecified atom stereocenters. The molecule has 15 heavy (non-hydrogen) atoms. The molecule has 0 aliphatic carbocycles. The molecular formula is C11H22BrNO2. The first-order valence-corrected chi connectivity index (χ1v) is 6.50. The first-order chi connectivity index (χ1) is 7.04. The molecule has 0 N–H and O–H groups in total. The molecule has 0 aromatic carbocycles. The summed E-state index contributed by atoms with van der Waals surface area (Å²) in [7, 11) is 1.66. The van der Waals surface area contributed by atoms with Crippen LogP contribution in [-0.2, 0) is 9.53 Å². The van der Waals surface area contributed by atoms with Gasteiger partial charge in [-0.15, -0.1) is 0 Å². The molecule has 4 heteroatoms. The predicted molar refractivity (Wildman–Crippen MR) is 66.3 cm³/mol. The molecule has 0 aliphatic rings. The van der Waals surface area contributed by atoms with Crippen LogP contribution in [-0.4, -0.2) is 42.9 Å². The van der Waals surface area contributed by atoms with E-state index in [2.05, 4.69) is 29.8 Å². The maximum absolute atomic E-state index is 12.0. The third-order valence-electron chi connectivity index (χ3n) is 2.62. The van der Waals surface area contributed by atoms with Crippen LogP contribution in [0.15, 0.2) is 0 Å². The summed E-state index contributed by atoms with van der Waals surface area (Å²) >= 11 is 3.36. The highest BCUT2D eigenvalue weighted by Crippen LogP contribution is 2.13. The van der Waals surface area contributed by atoms with E-state index in [1.807, 2.05) is 11.8 Å². The number of hydrogen-bond acceptors (Lipinski definition) is 2. The lowest BCUT2D eigenvalue weighted by atomic mass is 9.96. The lowest BCUT2D eigenvalue weighted by molar-refractivity contribution is -0.136. The third kappa shape index (κ3) is 5.52. The summed E-state index contributed by atoms with van der Waals surface area (Å²) in [5.41, 5.74) is 0. The molecule has 1 atom stereocenters. The van der Waals surface area contributed by atoms with E-state index < -0.39 is 0 Å². The fraction of sp³-hybridized carbons (Fsp3) is 0.909. The summed E-state index contributed by atoms with van der Waals surface area (Å²) in [6, 6.07) is 0. The molecule has 0 saturated heterocycles. The number of nitrogens with zero attached hydrogens (tertiary/aromatic N) is 1. The molecular weight excluding hydrogens is 258 g/mol. The minimum absolute atomic E-state index is 0.0842. The van der Waals surface area contributed by atoms with E-state index in [1.165, 1.54) is 0 Å². The summed E-state index contributed by atoms with van der Waals surface area (Å²) < 4.78 is 5.00. The van der Waals surface area contributed by atoms with E-state index in [1.54, 1.807) is 7.11 Å². The first kappa shape index (κ1) is 14.9. The van der Waals surface area contributed by atoms with Gasteiger partial charge in [0.25, 0.3) is 0 Å². The van der Waals surface area contributed by atoms with Gasteiger partial charge in [0, 0.05) is 31.4 Å². The molecule has 0 radical (unpaired) electrons. The van der Waals surface area contributed by atoms with Crippen LogP contribution in [0, 0.1) is 11.8 Å². The van der Waals surface area contributed by atoms with E-state index in [9.17, 15) is 4.79 Å². The highest BCUT2D eigenvalue weighted by molar-refractivity contribution is 9.09. The largest absolute Gasteiger partial charge is 0.383 e. The van der Waals surface area contributed by atoms with Gasteiger partial charge in [-0.2, -0.15) is 0 Å². The molecule has 0 aromatic rings. The molecule has 0 aliphatic heterocycles. The highest BCUT2D eigenvalue weighted by atomic mass is 79.9. The predicted octanol–water partition coefficient (Wildman–Crippen LogP) is 2.15. The van der Waals surface area contributed by atoms with Gasteiger partial charge in [0.05, 0.1) is 6.61 Å². The summed E-state index contributed by atoms with van der Waals surface area (Å²) in [5.74, 6) is 0.695. The smallest absolute Gasteiger partial charge is 0.225 e. The van der Waals surface area contributed by atoms with E-state index in [0.717, 1.165) is 11.9 Å². The van der Waals surface area contributed by atoms with Gasteiger partial charge in [0.1, 0.15) is 0 Å². The zero-order valence-corrected chi connectivity index (χ0v) is 11.7. The molecule has 0 fully saturated rings. The number of halogens is 1. The van der Waals surface area contributed by atoms with Crippen molar-refractivity contribution in [2.24, 2.45) is 11.8 Å². The van der Waals surface area contributed by atoms with Crippen LogP contribution in [0.2, 0.25) is 0 Å². The number of rotatable bonds is 7. The van der Waals surface area contributed by atoms with Gasteiger partial charge in [-0.1, -0.05) is 36.7 Å². The minimum Gasteiger partial charge on any atom is -0.383 e. The van der Waals surface area contributed by atoms with Crippen molar-refractivity contribution in [2.75, 3.05) is 32.1 Å². The maximum atomic E-state index is 12.0. The zero-order chi connectivity index (χ0) is 11.8. The van der Waals surface area contributed by atoms with Crippen molar-refractivity contribution in [3.8, 4) is 0 Å². The van der Waals surface area contributed by atoms with Crippen molar-refractivity contribution < 1.29 is 9.53 Å². The number of alkyl halides is 1. The SMILES string of the molecule is COCCN(CCBr)C(=O)C(C)C(C)C. The summed E-state index contributed by atoms with van der Waals surface area (Å²) in [6.45, 7) is 8.16. The summed E-state index contributed by atoms with van der Waals surface area (Å²) in [4.78, 5) is 13.9. The lowest BCUT2D eigenvalue weighted by Crippen LogP contribution is -2.40. The van der Waals surface area contributed by atoms with Gasteiger partial charge >= 0.3 is 0 Å². The van der Waals surface area contributed by atoms with Crippen LogP contribution in [0.1, 0.15) is 20.8 Å². The van der Waals surface area contributed by atoms with Gasteiger partial charge < -0.3 is 9.64 Å². The molecule has 0 spiro atoms. The molecule has 0 rings (SSSR count). The Labute approximate surface area is 101 Å². The number of carbonyl (C=O) groups excluding carboxylic acids is 1. The van der Waals surface area contributed by atoms with Crippen molar-refractivity contribution in [1.29, 1.82) is 0 Å². The van der Waals surface area contributed by atoms with E-state index in [-0.39, 0.29) is 11.8 Å². The second-order valence-corrected chi connectivity index (χ2v) is 4.83. The Hall–Kier alpha value is -0.0900. The molecule has 0 heterocycles. The Balaban J connectivity index is 4.26. The Kier molecular flexibility index (Phi) is 8.06. The maximum Gasteiger partial charge on any atom is 0.225 e. The Morgan fingerprint density at radius 1 is 1.33 bits per heavy atom. The van der Waals surface area contributed by atoms with Crippen molar-refractivity contribution >= 4 is 21.8 Å². The average Bonchev–Trinajstić information content (AvgIpc) is 2.22. The second kappa shape index (κ2) is 8.11. The second-order valence-electron chi connectivity index (χ2n) is 4.04. The Bertz CT molecular complexity index is 185. The number of hydrogen-bond donors (Lipinski definition) is 0.